The van der Waals surface area contributed by atoms with Gasteiger partial charge in [0.2, 0.25) is 0 Å². The fourth-order valence-electron chi connectivity index (χ4n) is 3.98. The number of likely N-dealkylation sites (N-methyl/N-ethyl adjacent to an activating group) is 1. The normalized spacial score (nSPS) is 17.9. The summed E-state index contributed by atoms with van der Waals surface area (Å²) in [5.41, 5.74) is 2.10. The third-order valence-corrected chi connectivity index (χ3v) is 5.78. The first-order chi connectivity index (χ1) is 15.3. The number of carbonyl (C=O) groups excluding carboxylic acids is 2. The number of Topliss-reactive ketones (excluding diaryl/α,β-unsaturated/α-hetero) is 1. The van der Waals surface area contributed by atoms with Crippen LogP contribution in [0.25, 0.3) is 5.76 Å². The second-order valence-corrected chi connectivity index (χ2v) is 8.07. The van der Waals surface area contributed by atoms with E-state index in [1.807, 2.05) is 43.3 Å². The topological polar surface area (TPSA) is 64.1 Å². The monoisotopic (exact) mass is 439 g/mol. The minimum Gasteiger partial charge on any atom is -0.507 e. The maximum atomic E-state index is 13.4. The molecule has 0 aromatic heterocycles. The summed E-state index contributed by atoms with van der Waals surface area (Å²) in [6, 6.07) is 12.2. The summed E-state index contributed by atoms with van der Waals surface area (Å²) in [6.07, 6.45) is 0. The molecule has 1 N–H and O–H groups in total. The van der Waals surface area contributed by atoms with Gasteiger partial charge in [-0.25, -0.2) is 4.39 Å². The summed E-state index contributed by atoms with van der Waals surface area (Å²) >= 11 is 0. The van der Waals surface area contributed by atoms with E-state index in [0.717, 1.165) is 24.3 Å². The van der Waals surface area contributed by atoms with E-state index in [4.69, 9.17) is 0 Å². The first-order valence-corrected chi connectivity index (χ1v) is 10.8. The maximum absolute atomic E-state index is 13.4. The highest BCUT2D eigenvalue weighted by Crippen LogP contribution is 2.39. The van der Waals surface area contributed by atoms with Gasteiger partial charge >= 0.3 is 0 Å². The van der Waals surface area contributed by atoms with Gasteiger partial charge in [0.15, 0.2) is 0 Å². The van der Waals surface area contributed by atoms with Crippen LogP contribution in [0.3, 0.4) is 0 Å². The molecule has 170 valence electrons. The van der Waals surface area contributed by atoms with Gasteiger partial charge in [0.25, 0.3) is 11.7 Å². The van der Waals surface area contributed by atoms with Crippen LogP contribution in [0.15, 0.2) is 54.1 Å². The Bertz CT molecular complexity index is 996. The summed E-state index contributed by atoms with van der Waals surface area (Å²) < 4.78 is 13.4. The number of aliphatic hydroxyl groups excluding tert-OH is 1. The molecular formula is C25H30FN3O3. The van der Waals surface area contributed by atoms with Crippen LogP contribution >= 0.6 is 0 Å². The molecule has 1 saturated heterocycles. The summed E-state index contributed by atoms with van der Waals surface area (Å²) in [5.74, 6) is -2.12. The Morgan fingerprint density at radius 3 is 2.12 bits per heavy atom. The molecule has 1 aliphatic heterocycles. The van der Waals surface area contributed by atoms with Crippen LogP contribution in [-0.4, -0.2) is 66.9 Å². The third-order valence-electron chi connectivity index (χ3n) is 5.78. The van der Waals surface area contributed by atoms with Gasteiger partial charge in [0.1, 0.15) is 11.6 Å². The molecule has 1 aliphatic rings. The Morgan fingerprint density at radius 1 is 1.00 bits per heavy atom. The molecule has 1 heterocycles. The number of anilines is 1. The van der Waals surface area contributed by atoms with E-state index in [9.17, 15) is 19.1 Å². The number of halogens is 1. The van der Waals surface area contributed by atoms with Gasteiger partial charge in [0.05, 0.1) is 11.6 Å². The number of benzene rings is 2. The lowest BCUT2D eigenvalue weighted by Crippen LogP contribution is -2.35. The van der Waals surface area contributed by atoms with Crippen LogP contribution in [0.5, 0.6) is 0 Å². The van der Waals surface area contributed by atoms with Gasteiger partial charge in [-0.1, -0.05) is 12.1 Å². The number of likely N-dealkylation sites (tertiary alicyclic amines) is 1. The van der Waals surface area contributed by atoms with E-state index < -0.39 is 23.5 Å². The lowest BCUT2D eigenvalue weighted by Gasteiger charge is -2.27. The van der Waals surface area contributed by atoms with Gasteiger partial charge < -0.3 is 19.8 Å². The first-order valence-electron chi connectivity index (χ1n) is 10.8. The molecule has 2 aromatic rings. The van der Waals surface area contributed by atoms with Crippen LogP contribution in [0, 0.1) is 5.82 Å². The minimum atomic E-state index is -0.733. The Labute approximate surface area is 188 Å². The average Bonchev–Trinajstić information content (AvgIpc) is 3.03. The van der Waals surface area contributed by atoms with Crippen molar-refractivity contribution in [3.8, 4) is 0 Å². The molecule has 1 amide bonds. The Balaban J connectivity index is 2.10. The standard InChI is InChI=1S/C25H30FN3O3/c1-5-28(6-2)20-13-9-17(10-14-20)22-21(23(30)18-7-11-19(26)12-8-18)24(31)25(32)29(22)16-15-27(3)4/h7-14,22,30H,5-6,15-16H2,1-4H3/b23-21+/t22-/m0/s1. The number of rotatable bonds is 8. The van der Waals surface area contributed by atoms with E-state index >= 15 is 0 Å². The van der Waals surface area contributed by atoms with Crippen molar-refractivity contribution in [2.24, 2.45) is 0 Å². The van der Waals surface area contributed by atoms with Crippen LogP contribution < -0.4 is 4.90 Å². The predicted molar refractivity (Wildman–Crippen MR) is 124 cm³/mol. The molecular weight excluding hydrogens is 409 g/mol. The zero-order valence-electron chi connectivity index (χ0n) is 19.0. The van der Waals surface area contributed by atoms with Crippen molar-refractivity contribution in [2.75, 3.05) is 45.2 Å². The Hall–Kier alpha value is -3.19. The number of carbonyl (C=O) groups is 2. The van der Waals surface area contributed by atoms with Crippen molar-refractivity contribution in [1.82, 2.24) is 9.80 Å². The second kappa shape index (κ2) is 9.96. The van der Waals surface area contributed by atoms with Gasteiger partial charge in [-0.3, -0.25) is 9.59 Å². The van der Waals surface area contributed by atoms with Gasteiger partial charge in [0, 0.05) is 37.4 Å². The average molecular weight is 440 g/mol. The highest BCUT2D eigenvalue weighted by molar-refractivity contribution is 6.46. The smallest absolute Gasteiger partial charge is 0.295 e. The molecule has 2 aromatic carbocycles. The van der Waals surface area contributed by atoms with E-state index in [0.29, 0.717) is 18.7 Å². The van der Waals surface area contributed by atoms with Gasteiger partial charge in [-0.15, -0.1) is 0 Å². The molecule has 6 nitrogen and oxygen atoms in total. The lowest BCUT2D eigenvalue weighted by atomic mass is 9.95. The molecule has 0 spiro atoms. The zero-order valence-corrected chi connectivity index (χ0v) is 19.0. The highest BCUT2D eigenvalue weighted by atomic mass is 19.1. The molecule has 0 bridgehead atoms. The van der Waals surface area contributed by atoms with Crippen molar-refractivity contribution in [2.45, 2.75) is 19.9 Å². The van der Waals surface area contributed by atoms with E-state index in [1.165, 1.54) is 29.2 Å². The van der Waals surface area contributed by atoms with Crippen LogP contribution in [0.1, 0.15) is 31.0 Å². The summed E-state index contributed by atoms with van der Waals surface area (Å²) in [7, 11) is 3.78. The molecule has 7 heteroatoms. The molecule has 1 atom stereocenters. The Morgan fingerprint density at radius 2 is 1.59 bits per heavy atom. The summed E-state index contributed by atoms with van der Waals surface area (Å²) in [4.78, 5) is 31.5. The van der Waals surface area contributed by atoms with Crippen molar-refractivity contribution in [1.29, 1.82) is 0 Å². The van der Waals surface area contributed by atoms with Crippen LogP contribution in [-0.2, 0) is 9.59 Å². The SMILES string of the molecule is CCN(CC)c1ccc([C@H]2/C(=C(\O)c3ccc(F)cc3)C(=O)C(=O)N2CCN(C)C)cc1. The van der Waals surface area contributed by atoms with Gasteiger partial charge in [-0.05, 0) is 69.9 Å². The number of hydrogen-bond donors (Lipinski definition) is 1. The second-order valence-electron chi connectivity index (χ2n) is 8.07. The molecule has 0 unspecified atom stereocenters. The molecule has 3 rings (SSSR count). The van der Waals surface area contributed by atoms with Crippen LogP contribution in [0.4, 0.5) is 10.1 Å². The molecule has 32 heavy (non-hydrogen) atoms. The lowest BCUT2D eigenvalue weighted by molar-refractivity contribution is -0.140. The van der Waals surface area contributed by atoms with E-state index in [1.54, 1.807) is 0 Å². The largest absolute Gasteiger partial charge is 0.507 e. The minimum absolute atomic E-state index is 0.0240. The fourth-order valence-corrected chi connectivity index (χ4v) is 3.98. The number of nitrogens with zero attached hydrogens (tertiary/aromatic N) is 3. The zero-order chi connectivity index (χ0) is 23.4. The predicted octanol–water partition coefficient (Wildman–Crippen LogP) is 3.66. The molecule has 0 saturated carbocycles. The molecule has 0 radical (unpaired) electrons. The first kappa shape index (κ1) is 23.5. The Kier molecular flexibility index (Phi) is 7.30. The molecule has 0 aliphatic carbocycles. The van der Waals surface area contributed by atoms with Crippen molar-refractivity contribution < 1.29 is 19.1 Å². The highest BCUT2D eigenvalue weighted by Gasteiger charge is 2.45. The number of amides is 1. The third kappa shape index (κ3) is 4.67. The fraction of sp³-hybridized carbons (Fsp3) is 0.360. The van der Waals surface area contributed by atoms with Gasteiger partial charge in [-0.2, -0.15) is 0 Å². The van der Waals surface area contributed by atoms with E-state index in [2.05, 4.69) is 18.7 Å². The number of ketones is 1. The van der Waals surface area contributed by atoms with Crippen molar-refractivity contribution >= 4 is 23.1 Å². The summed E-state index contributed by atoms with van der Waals surface area (Å²) in [5, 5.41) is 11.0. The van der Waals surface area contributed by atoms with Crippen molar-refractivity contribution in [3.05, 3.63) is 71.0 Å². The summed E-state index contributed by atoms with van der Waals surface area (Å²) in [6.45, 7) is 6.79. The van der Waals surface area contributed by atoms with Crippen LogP contribution in [0.2, 0.25) is 0 Å². The number of hydrogen-bond acceptors (Lipinski definition) is 5. The quantitative estimate of drug-likeness (QED) is 0.386. The van der Waals surface area contributed by atoms with E-state index in [-0.39, 0.29) is 11.3 Å². The number of aliphatic hydroxyl groups is 1. The maximum Gasteiger partial charge on any atom is 0.295 e. The van der Waals surface area contributed by atoms with Crippen molar-refractivity contribution in [3.63, 3.8) is 0 Å². The molecule has 1 fully saturated rings.